The number of aromatic nitrogens is 2. The van der Waals surface area contributed by atoms with E-state index < -0.39 is 0 Å². The predicted molar refractivity (Wildman–Crippen MR) is 71.2 cm³/mol. The SMILES string of the molecule is CCCNc1nccc(NCC(C)C2CC2)n1. The highest BCUT2D eigenvalue weighted by atomic mass is 15.1. The summed E-state index contributed by atoms with van der Waals surface area (Å²) in [4.78, 5) is 8.62. The number of nitrogens with one attached hydrogen (secondary N) is 2. The molecule has 1 saturated carbocycles. The largest absolute Gasteiger partial charge is 0.370 e. The number of nitrogens with zero attached hydrogens (tertiary/aromatic N) is 2. The van der Waals surface area contributed by atoms with Gasteiger partial charge in [0.15, 0.2) is 0 Å². The number of hydrogen-bond donors (Lipinski definition) is 2. The molecule has 2 N–H and O–H groups in total. The van der Waals surface area contributed by atoms with Crippen molar-refractivity contribution in [1.29, 1.82) is 0 Å². The minimum Gasteiger partial charge on any atom is -0.370 e. The van der Waals surface area contributed by atoms with Crippen molar-refractivity contribution in [1.82, 2.24) is 9.97 Å². The van der Waals surface area contributed by atoms with E-state index in [1.807, 2.05) is 6.07 Å². The van der Waals surface area contributed by atoms with Crippen LogP contribution in [0, 0.1) is 11.8 Å². The topological polar surface area (TPSA) is 49.8 Å². The molecular weight excluding hydrogens is 212 g/mol. The van der Waals surface area contributed by atoms with Crippen LogP contribution >= 0.6 is 0 Å². The number of rotatable bonds is 7. The van der Waals surface area contributed by atoms with Gasteiger partial charge in [-0.2, -0.15) is 4.98 Å². The van der Waals surface area contributed by atoms with Crippen LogP contribution in [0.1, 0.15) is 33.1 Å². The molecule has 1 heterocycles. The highest BCUT2D eigenvalue weighted by Gasteiger charge is 2.27. The Labute approximate surface area is 103 Å². The van der Waals surface area contributed by atoms with Crippen molar-refractivity contribution in [2.24, 2.45) is 11.8 Å². The van der Waals surface area contributed by atoms with E-state index >= 15 is 0 Å². The Morgan fingerprint density at radius 1 is 1.41 bits per heavy atom. The summed E-state index contributed by atoms with van der Waals surface area (Å²) in [7, 11) is 0. The first kappa shape index (κ1) is 12.1. The molecule has 1 atom stereocenters. The third kappa shape index (κ3) is 3.88. The Kier molecular flexibility index (Phi) is 4.18. The quantitative estimate of drug-likeness (QED) is 0.761. The lowest BCUT2D eigenvalue weighted by atomic mass is 10.1. The minimum atomic E-state index is 0.718. The van der Waals surface area contributed by atoms with Crippen LogP contribution in [-0.4, -0.2) is 23.1 Å². The van der Waals surface area contributed by atoms with Crippen LogP contribution in [-0.2, 0) is 0 Å². The summed E-state index contributed by atoms with van der Waals surface area (Å²) in [6, 6.07) is 1.93. The highest BCUT2D eigenvalue weighted by molar-refractivity contribution is 5.39. The van der Waals surface area contributed by atoms with E-state index in [9.17, 15) is 0 Å². The molecule has 4 nitrogen and oxygen atoms in total. The molecular formula is C13H22N4. The third-order valence-corrected chi connectivity index (χ3v) is 3.22. The summed E-state index contributed by atoms with van der Waals surface area (Å²) in [6.45, 7) is 6.37. The molecule has 1 aliphatic rings. The van der Waals surface area contributed by atoms with Gasteiger partial charge in [0.2, 0.25) is 5.95 Å². The molecule has 1 aliphatic carbocycles. The molecule has 1 aromatic rings. The first-order valence-electron chi connectivity index (χ1n) is 6.60. The fourth-order valence-electron chi connectivity index (χ4n) is 1.88. The Hall–Kier alpha value is -1.32. The molecule has 0 aromatic carbocycles. The van der Waals surface area contributed by atoms with Crippen LogP contribution in [0.4, 0.5) is 11.8 Å². The molecule has 17 heavy (non-hydrogen) atoms. The van der Waals surface area contributed by atoms with Crippen LogP contribution in [0.3, 0.4) is 0 Å². The van der Waals surface area contributed by atoms with E-state index in [0.29, 0.717) is 0 Å². The number of anilines is 2. The van der Waals surface area contributed by atoms with Crippen molar-refractivity contribution in [2.75, 3.05) is 23.7 Å². The van der Waals surface area contributed by atoms with Gasteiger partial charge < -0.3 is 10.6 Å². The third-order valence-electron chi connectivity index (χ3n) is 3.22. The molecule has 1 aromatic heterocycles. The molecule has 1 unspecified atom stereocenters. The van der Waals surface area contributed by atoms with Crippen LogP contribution in [0.2, 0.25) is 0 Å². The van der Waals surface area contributed by atoms with Crippen molar-refractivity contribution in [3.63, 3.8) is 0 Å². The van der Waals surface area contributed by atoms with E-state index in [4.69, 9.17) is 0 Å². The van der Waals surface area contributed by atoms with Crippen LogP contribution in [0.25, 0.3) is 0 Å². The van der Waals surface area contributed by atoms with Gasteiger partial charge in [-0.25, -0.2) is 4.98 Å². The van der Waals surface area contributed by atoms with E-state index in [2.05, 4.69) is 34.4 Å². The Bertz CT molecular complexity index is 349. The van der Waals surface area contributed by atoms with Crippen molar-refractivity contribution in [3.8, 4) is 0 Å². The molecule has 2 rings (SSSR count). The second-order valence-corrected chi connectivity index (χ2v) is 4.89. The maximum Gasteiger partial charge on any atom is 0.224 e. The van der Waals surface area contributed by atoms with E-state index in [1.54, 1.807) is 6.20 Å². The normalized spacial score (nSPS) is 16.6. The fourth-order valence-corrected chi connectivity index (χ4v) is 1.88. The predicted octanol–water partition coefficient (Wildman–Crippen LogP) is 2.76. The van der Waals surface area contributed by atoms with Crippen molar-refractivity contribution in [2.45, 2.75) is 33.1 Å². The van der Waals surface area contributed by atoms with Gasteiger partial charge >= 0.3 is 0 Å². The zero-order chi connectivity index (χ0) is 12.1. The smallest absolute Gasteiger partial charge is 0.224 e. The maximum atomic E-state index is 4.43. The summed E-state index contributed by atoms with van der Waals surface area (Å²) in [5.41, 5.74) is 0. The van der Waals surface area contributed by atoms with E-state index in [0.717, 1.165) is 43.1 Å². The summed E-state index contributed by atoms with van der Waals surface area (Å²) in [5.74, 6) is 3.32. The van der Waals surface area contributed by atoms with Gasteiger partial charge in [-0.3, -0.25) is 0 Å². The average Bonchev–Trinajstić information content (AvgIpc) is 3.18. The lowest BCUT2D eigenvalue weighted by Gasteiger charge is -2.12. The molecule has 0 spiro atoms. The average molecular weight is 234 g/mol. The Balaban J connectivity index is 1.82. The van der Waals surface area contributed by atoms with Crippen molar-refractivity contribution < 1.29 is 0 Å². The van der Waals surface area contributed by atoms with Gasteiger partial charge in [0.05, 0.1) is 0 Å². The van der Waals surface area contributed by atoms with Crippen molar-refractivity contribution >= 4 is 11.8 Å². The molecule has 0 bridgehead atoms. The summed E-state index contributed by atoms with van der Waals surface area (Å²) >= 11 is 0. The molecule has 0 saturated heterocycles. The minimum absolute atomic E-state index is 0.718. The zero-order valence-corrected chi connectivity index (χ0v) is 10.7. The molecule has 0 aliphatic heterocycles. The van der Waals surface area contributed by atoms with Gasteiger partial charge in [-0.05, 0) is 37.2 Å². The Morgan fingerprint density at radius 3 is 2.94 bits per heavy atom. The van der Waals surface area contributed by atoms with Crippen molar-refractivity contribution in [3.05, 3.63) is 12.3 Å². The van der Waals surface area contributed by atoms with E-state index in [-0.39, 0.29) is 0 Å². The second-order valence-electron chi connectivity index (χ2n) is 4.89. The number of hydrogen-bond acceptors (Lipinski definition) is 4. The summed E-state index contributed by atoms with van der Waals surface area (Å²) in [5, 5.41) is 6.59. The van der Waals surface area contributed by atoms with Crippen LogP contribution in [0.15, 0.2) is 12.3 Å². The lowest BCUT2D eigenvalue weighted by molar-refractivity contribution is 0.536. The monoisotopic (exact) mass is 234 g/mol. The van der Waals surface area contributed by atoms with E-state index in [1.165, 1.54) is 12.8 Å². The molecule has 4 heteroatoms. The summed E-state index contributed by atoms with van der Waals surface area (Å²) < 4.78 is 0. The summed E-state index contributed by atoms with van der Waals surface area (Å²) in [6.07, 6.45) is 5.68. The standard InChI is InChI=1S/C13H22N4/c1-3-7-14-13-15-8-6-12(17-13)16-9-10(2)11-4-5-11/h6,8,10-11H,3-5,7,9H2,1-2H3,(H2,14,15,16,17). The highest BCUT2D eigenvalue weighted by Crippen LogP contribution is 2.36. The second kappa shape index (κ2) is 5.84. The maximum absolute atomic E-state index is 4.43. The first-order chi connectivity index (χ1) is 8.29. The Morgan fingerprint density at radius 2 is 2.24 bits per heavy atom. The first-order valence-corrected chi connectivity index (χ1v) is 6.60. The van der Waals surface area contributed by atoms with Gasteiger partial charge in [0.25, 0.3) is 0 Å². The molecule has 1 fully saturated rings. The zero-order valence-electron chi connectivity index (χ0n) is 10.7. The molecule has 94 valence electrons. The van der Waals surface area contributed by atoms with Gasteiger partial charge in [0, 0.05) is 19.3 Å². The van der Waals surface area contributed by atoms with Crippen LogP contribution < -0.4 is 10.6 Å². The van der Waals surface area contributed by atoms with Gasteiger partial charge in [-0.1, -0.05) is 13.8 Å². The molecule has 0 amide bonds. The van der Waals surface area contributed by atoms with Gasteiger partial charge in [-0.15, -0.1) is 0 Å². The molecule has 0 radical (unpaired) electrons. The van der Waals surface area contributed by atoms with Gasteiger partial charge in [0.1, 0.15) is 5.82 Å². The van der Waals surface area contributed by atoms with Crippen LogP contribution in [0.5, 0.6) is 0 Å². The fraction of sp³-hybridized carbons (Fsp3) is 0.692. The lowest BCUT2D eigenvalue weighted by Crippen LogP contribution is -2.14.